The molecule has 3 amide bonds. The lowest BCUT2D eigenvalue weighted by Gasteiger charge is -2.34. The molecule has 1 aliphatic rings. The Morgan fingerprint density at radius 1 is 0.875 bits per heavy atom. The third-order valence-electron chi connectivity index (χ3n) is 3.95. The Kier molecular flexibility index (Phi) is 4.74. The zero-order valence-electron chi connectivity index (χ0n) is 13.1. The van der Waals surface area contributed by atoms with Crippen LogP contribution in [0.5, 0.6) is 0 Å². The molecule has 124 valence electrons. The van der Waals surface area contributed by atoms with Crippen molar-refractivity contribution in [3.63, 3.8) is 0 Å². The Hall–Kier alpha value is -2.89. The summed E-state index contributed by atoms with van der Waals surface area (Å²) in [5.74, 6) is -0.639. The van der Waals surface area contributed by atoms with E-state index in [0.717, 1.165) is 5.69 Å². The monoisotopic (exact) mass is 327 g/mol. The minimum Gasteiger partial charge on any atom is -0.335 e. The molecule has 0 saturated carbocycles. The molecule has 0 aromatic heterocycles. The number of anilines is 1. The highest BCUT2D eigenvalue weighted by molar-refractivity contribution is 5.94. The van der Waals surface area contributed by atoms with E-state index in [-0.39, 0.29) is 11.9 Å². The van der Waals surface area contributed by atoms with Crippen LogP contribution >= 0.6 is 0 Å². The van der Waals surface area contributed by atoms with Gasteiger partial charge in [-0.05, 0) is 30.3 Å². The number of para-hydroxylation sites is 1. The second kappa shape index (κ2) is 7.12. The maximum Gasteiger partial charge on any atom is 0.321 e. The molecule has 2 aromatic rings. The van der Waals surface area contributed by atoms with E-state index in [1.165, 1.54) is 18.2 Å². The summed E-state index contributed by atoms with van der Waals surface area (Å²) < 4.78 is 13.2. The molecule has 0 atom stereocenters. The molecule has 0 unspecified atom stereocenters. The van der Waals surface area contributed by atoms with E-state index in [0.29, 0.717) is 31.7 Å². The van der Waals surface area contributed by atoms with Gasteiger partial charge >= 0.3 is 6.03 Å². The van der Waals surface area contributed by atoms with Crippen molar-refractivity contribution in [3.8, 4) is 0 Å². The van der Waals surface area contributed by atoms with Crippen molar-refractivity contribution in [1.29, 1.82) is 0 Å². The number of urea groups is 1. The number of halogens is 1. The van der Waals surface area contributed by atoms with Gasteiger partial charge in [-0.25, -0.2) is 9.18 Å². The first-order valence-electron chi connectivity index (χ1n) is 7.79. The highest BCUT2D eigenvalue weighted by atomic mass is 19.1. The topological polar surface area (TPSA) is 52.7 Å². The van der Waals surface area contributed by atoms with Gasteiger partial charge in [-0.1, -0.05) is 24.3 Å². The van der Waals surface area contributed by atoms with E-state index in [2.05, 4.69) is 5.32 Å². The Morgan fingerprint density at radius 3 is 2.21 bits per heavy atom. The van der Waals surface area contributed by atoms with Crippen molar-refractivity contribution in [2.45, 2.75) is 0 Å². The zero-order chi connectivity index (χ0) is 16.9. The van der Waals surface area contributed by atoms with E-state index in [1.54, 1.807) is 15.9 Å². The highest BCUT2D eigenvalue weighted by Gasteiger charge is 2.25. The predicted octanol–water partition coefficient (Wildman–Crippen LogP) is 2.82. The number of amides is 3. The summed E-state index contributed by atoms with van der Waals surface area (Å²) in [6.07, 6.45) is 0. The molecule has 1 saturated heterocycles. The number of rotatable bonds is 2. The molecule has 1 fully saturated rings. The third kappa shape index (κ3) is 3.71. The lowest BCUT2D eigenvalue weighted by molar-refractivity contribution is 0.0671. The molecule has 6 heteroatoms. The summed E-state index contributed by atoms with van der Waals surface area (Å²) in [4.78, 5) is 27.9. The lowest BCUT2D eigenvalue weighted by Crippen LogP contribution is -2.51. The van der Waals surface area contributed by atoms with Crippen LogP contribution in [-0.2, 0) is 0 Å². The van der Waals surface area contributed by atoms with Crippen LogP contribution in [0.4, 0.5) is 14.9 Å². The van der Waals surface area contributed by atoms with Crippen LogP contribution in [0.2, 0.25) is 0 Å². The Bertz CT molecular complexity index is 728. The summed E-state index contributed by atoms with van der Waals surface area (Å²) in [5.41, 5.74) is 1.07. The molecule has 0 radical (unpaired) electrons. The second-order valence-electron chi connectivity index (χ2n) is 5.59. The van der Waals surface area contributed by atoms with Crippen molar-refractivity contribution < 1.29 is 14.0 Å². The maximum atomic E-state index is 13.2. The van der Waals surface area contributed by atoms with Crippen LogP contribution in [0, 0.1) is 5.82 Å². The lowest BCUT2D eigenvalue weighted by atomic mass is 10.2. The normalized spacial score (nSPS) is 14.4. The number of nitrogens with one attached hydrogen (secondary N) is 1. The third-order valence-corrected chi connectivity index (χ3v) is 3.95. The van der Waals surface area contributed by atoms with Crippen molar-refractivity contribution in [2.75, 3.05) is 31.5 Å². The molecular weight excluding hydrogens is 309 g/mol. The van der Waals surface area contributed by atoms with E-state index in [1.807, 2.05) is 30.3 Å². The molecule has 2 aromatic carbocycles. The molecule has 0 aliphatic carbocycles. The van der Waals surface area contributed by atoms with Gasteiger partial charge in [-0.3, -0.25) is 4.79 Å². The van der Waals surface area contributed by atoms with Crippen molar-refractivity contribution in [1.82, 2.24) is 9.80 Å². The van der Waals surface area contributed by atoms with Crippen LogP contribution in [0.15, 0.2) is 54.6 Å². The first-order chi connectivity index (χ1) is 11.6. The van der Waals surface area contributed by atoms with Gasteiger partial charge in [0.1, 0.15) is 5.82 Å². The summed E-state index contributed by atoms with van der Waals surface area (Å²) >= 11 is 0. The largest absolute Gasteiger partial charge is 0.335 e. The van der Waals surface area contributed by atoms with Gasteiger partial charge in [0.05, 0.1) is 0 Å². The summed E-state index contributed by atoms with van der Waals surface area (Å²) in [5, 5.41) is 2.83. The fourth-order valence-corrected chi connectivity index (χ4v) is 2.64. The maximum absolute atomic E-state index is 13.2. The first kappa shape index (κ1) is 16.0. The average molecular weight is 327 g/mol. The van der Waals surface area contributed by atoms with E-state index >= 15 is 0 Å². The minimum absolute atomic E-state index is 0.181. The number of piperazine rings is 1. The SMILES string of the molecule is O=C(Nc1ccccc1)N1CCN(C(=O)c2cccc(F)c2)CC1. The van der Waals surface area contributed by atoms with Gasteiger partial charge in [0.15, 0.2) is 0 Å². The summed E-state index contributed by atoms with van der Waals surface area (Å²) in [6, 6.07) is 14.7. The molecule has 1 N–H and O–H groups in total. The number of nitrogens with zero attached hydrogens (tertiary/aromatic N) is 2. The zero-order valence-corrected chi connectivity index (χ0v) is 13.1. The average Bonchev–Trinajstić information content (AvgIpc) is 2.62. The van der Waals surface area contributed by atoms with Gasteiger partial charge < -0.3 is 15.1 Å². The molecule has 1 aliphatic heterocycles. The van der Waals surface area contributed by atoms with Crippen LogP contribution in [0.25, 0.3) is 0 Å². The molecule has 5 nitrogen and oxygen atoms in total. The minimum atomic E-state index is -0.429. The van der Waals surface area contributed by atoms with Crippen LogP contribution in [0.1, 0.15) is 10.4 Å². The van der Waals surface area contributed by atoms with E-state index in [4.69, 9.17) is 0 Å². The molecular formula is C18H18FN3O2. The van der Waals surface area contributed by atoms with Gasteiger partial charge in [-0.2, -0.15) is 0 Å². The molecule has 0 spiro atoms. The van der Waals surface area contributed by atoms with Crippen LogP contribution < -0.4 is 5.32 Å². The van der Waals surface area contributed by atoms with E-state index < -0.39 is 5.82 Å². The Morgan fingerprint density at radius 2 is 1.54 bits per heavy atom. The van der Waals surface area contributed by atoms with Crippen LogP contribution in [0.3, 0.4) is 0 Å². The smallest absolute Gasteiger partial charge is 0.321 e. The first-order valence-corrected chi connectivity index (χ1v) is 7.79. The Labute approximate surface area is 139 Å². The van der Waals surface area contributed by atoms with Crippen molar-refractivity contribution >= 4 is 17.6 Å². The quantitative estimate of drug-likeness (QED) is 0.922. The second-order valence-corrected chi connectivity index (χ2v) is 5.59. The molecule has 24 heavy (non-hydrogen) atoms. The van der Waals surface area contributed by atoms with Crippen molar-refractivity contribution in [2.24, 2.45) is 0 Å². The number of hydrogen-bond donors (Lipinski definition) is 1. The van der Waals surface area contributed by atoms with Gasteiger partial charge in [0.2, 0.25) is 0 Å². The summed E-state index contributed by atoms with van der Waals surface area (Å²) in [7, 11) is 0. The van der Waals surface area contributed by atoms with Crippen molar-refractivity contribution in [3.05, 3.63) is 66.0 Å². The molecule has 3 rings (SSSR count). The standard InChI is InChI=1S/C18H18FN3O2/c19-15-6-4-5-14(13-15)17(23)21-9-11-22(12-10-21)18(24)20-16-7-2-1-3-8-16/h1-8,13H,9-12H2,(H,20,24). The van der Waals surface area contributed by atoms with Gasteiger partial charge in [-0.15, -0.1) is 0 Å². The number of carbonyl (C=O) groups excluding carboxylic acids is 2. The van der Waals surface area contributed by atoms with Gasteiger partial charge in [0, 0.05) is 37.4 Å². The molecule has 1 heterocycles. The number of carbonyl (C=O) groups is 2. The predicted molar refractivity (Wildman–Crippen MR) is 89.3 cm³/mol. The molecule has 0 bridgehead atoms. The summed E-state index contributed by atoms with van der Waals surface area (Å²) in [6.45, 7) is 1.74. The Balaban J connectivity index is 1.55. The highest BCUT2D eigenvalue weighted by Crippen LogP contribution is 2.12. The fraction of sp³-hybridized carbons (Fsp3) is 0.222. The van der Waals surface area contributed by atoms with Gasteiger partial charge in [0.25, 0.3) is 5.91 Å². The number of hydrogen-bond acceptors (Lipinski definition) is 2. The number of benzene rings is 2. The fourth-order valence-electron chi connectivity index (χ4n) is 2.64. The van der Waals surface area contributed by atoms with E-state index in [9.17, 15) is 14.0 Å². The van der Waals surface area contributed by atoms with Crippen LogP contribution in [-0.4, -0.2) is 47.9 Å².